The van der Waals surface area contributed by atoms with E-state index in [1.807, 2.05) is 0 Å². The van der Waals surface area contributed by atoms with Gasteiger partial charge < -0.3 is 20.7 Å². The quantitative estimate of drug-likeness (QED) is 0.708. The topological polar surface area (TPSA) is 97.4 Å². The predicted octanol–water partition coefficient (Wildman–Crippen LogP) is -0.150. The highest BCUT2D eigenvalue weighted by molar-refractivity contribution is 5.76. The number of nitrogens with zero attached hydrogens (tertiary/aromatic N) is 1. The molecule has 0 radical (unpaired) electrons. The second kappa shape index (κ2) is 5.88. The van der Waals surface area contributed by atoms with Crippen LogP contribution in [0.2, 0.25) is 0 Å². The van der Waals surface area contributed by atoms with Gasteiger partial charge in [-0.25, -0.2) is 0 Å². The Balaban J connectivity index is 1.97. The van der Waals surface area contributed by atoms with Crippen LogP contribution < -0.4 is 16.6 Å². The molecule has 1 saturated carbocycles. The Kier molecular flexibility index (Phi) is 4.21. The van der Waals surface area contributed by atoms with Crippen molar-refractivity contribution in [3.8, 4) is 0 Å². The third-order valence-corrected chi connectivity index (χ3v) is 3.40. The molecule has 104 valence electrons. The monoisotopic (exact) mass is 265 g/mol. The molecule has 4 N–H and O–H groups in total. The number of hydrogen-bond acceptors (Lipinski definition) is 4. The van der Waals surface area contributed by atoms with E-state index in [2.05, 4.69) is 5.32 Å². The fourth-order valence-corrected chi connectivity index (χ4v) is 2.36. The number of aromatic nitrogens is 1. The summed E-state index contributed by atoms with van der Waals surface area (Å²) in [5, 5.41) is 12.6. The first kappa shape index (κ1) is 13.6. The number of anilines is 1. The van der Waals surface area contributed by atoms with Crippen LogP contribution in [-0.2, 0) is 11.3 Å². The van der Waals surface area contributed by atoms with Gasteiger partial charge in [-0.05, 0) is 18.9 Å². The van der Waals surface area contributed by atoms with Crippen LogP contribution in [0.1, 0.15) is 25.7 Å². The lowest BCUT2D eigenvalue weighted by molar-refractivity contribution is -0.123. The number of rotatable bonds is 3. The molecule has 1 amide bonds. The van der Waals surface area contributed by atoms with E-state index in [-0.39, 0.29) is 24.1 Å². The first-order chi connectivity index (χ1) is 9.06. The van der Waals surface area contributed by atoms with Crippen LogP contribution >= 0.6 is 0 Å². The van der Waals surface area contributed by atoms with Gasteiger partial charge in [0, 0.05) is 18.0 Å². The molecule has 19 heavy (non-hydrogen) atoms. The Labute approximate surface area is 111 Å². The summed E-state index contributed by atoms with van der Waals surface area (Å²) >= 11 is 0. The van der Waals surface area contributed by atoms with Gasteiger partial charge in [-0.3, -0.25) is 9.59 Å². The molecule has 0 aromatic carbocycles. The molecule has 0 spiro atoms. The largest absolute Gasteiger partial charge is 0.398 e. The molecular formula is C13H19N3O3. The van der Waals surface area contributed by atoms with Gasteiger partial charge in [-0.2, -0.15) is 0 Å². The molecule has 1 fully saturated rings. The summed E-state index contributed by atoms with van der Waals surface area (Å²) in [6.45, 7) is -0.0763. The lowest BCUT2D eigenvalue weighted by Gasteiger charge is -2.28. The summed E-state index contributed by atoms with van der Waals surface area (Å²) in [6, 6.07) is 2.62. The van der Waals surface area contributed by atoms with E-state index < -0.39 is 6.10 Å². The number of hydrogen-bond donors (Lipinski definition) is 3. The minimum absolute atomic E-state index is 0.0763. The Morgan fingerprint density at radius 3 is 2.89 bits per heavy atom. The van der Waals surface area contributed by atoms with Crippen molar-refractivity contribution >= 4 is 11.6 Å². The smallest absolute Gasteiger partial charge is 0.251 e. The second-order valence-corrected chi connectivity index (χ2v) is 4.95. The maximum atomic E-state index is 11.9. The third-order valence-electron chi connectivity index (χ3n) is 3.40. The molecule has 1 aliphatic carbocycles. The van der Waals surface area contributed by atoms with E-state index in [0.717, 1.165) is 19.3 Å². The summed E-state index contributed by atoms with van der Waals surface area (Å²) in [7, 11) is 0. The van der Waals surface area contributed by atoms with Crippen LogP contribution in [0.3, 0.4) is 0 Å². The van der Waals surface area contributed by atoms with E-state index in [0.29, 0.717) is 12.1 Å². The van der Waals surface area contributed by atoms with E-state index >= 15 is 0 Å². The molecule has 0 bridgehead atoms. The van der Waals surface area contributed by atoms with Crippen LogP contribution in [-0.4, -0.2) is 27.7 Å². The SMILES string of the molecule is Nc1ccc(=O)n(CC(=O)N[C@H]2CCCC[C@@H]2O)c1. The van der Waals surface area contributed by atoms with Gasteiger partial charge in [0.1, 0.15) is 6.54 Å². The summed E-state index contributed by atoms with van der Waals surface area (Å²) in [5.74, 6) is -0.279. The minimum atomic E-state index is -0.490. The number of nitrogens with one attached hydrogen (secondary N) is 1. The Morgan fingerprint density at radius 2 is 2.16 bits per heavy atom. The van der Waals surface area contributed by atoms with Gasteiger partial charge in [0.2, 0.25) is 5.91 Å². The van der Waals surface area contributed by atoms with Gasteiger partial charge >= 0.3 is 0 Å². The van der Waals surface area contributed by atoms with Crippen molar-refractivity contribution in [3.05, 3.63) is 28.7 Å². The van der Waals surface area contributed by atoms with Crippen LogP contribution in [0.4, 0.5) is 5.69 Å². The number of carbonyl (C=O) groups is 1. The normalized spacial score (nSPS) is 23.0. The molecular weight excluding hydrogens is 246 g/mol. The van der Waals surface area contributed by atoms with Crippen molar-refractivity contribution < 1.29 is 9.90 Å². The summed E-state index contributed by atoms with van der Waals surface area (Å²) in [5.41, 5.74) is 5.74. The number of nitrogen functional groups attached to an aromatic ring is 1. The lowest BCUT2D eigenvalue weighted by atomic mass is 9.92. The molecule has 0 saturated heterocycles. The second-order valence-electron chi connectivity index (χ2n) is 4.95. The zero-order valence-electron chi connectivity index (χ0n) is 10.7. The minimum Gasteiger partial charge on any atom is -0.398 e. The number of pyridine rings is 1. The molecule has 0 unspecified atom stereocenters. The number of nitrogens with two attached hydrogens (primary N) is 1. The highest BCUT2D eigenvalue weighted by Crippen LogP contribution is 2.18. The fraction of sp³-hybridized carbons (Fsp3) is 0.538. The number of amides is 1. The molecule has 2 atom stereocenters. The summed E-state index contributed by atoms with van der Waals surface area (Å²) in [6.07, 6.45) is 4.43. The van der Waals surface area contributed by atoms with Crippen LogP contribution in [0.15, 0.2) is 23.1 Å². The first-order valence-corrected chi connectivity index (χ1v) is 6.49. The number of aliphatic hydroxyl groups is 1. The molecule has 0 aliphatic heterocycles. The lowest BCUT2D eigenvalue weighted by Crippen LogP contribution is -2.46. The molecule has 6 nitrogen and oxygen atoms in total. The standard InChI is InChI=1S/C13H19N3O3/c14-9-5-6-13(19)16(7-9)8-12(18)15-10-3-1-2-4-11(10)17/h5-7,10-11,17H,1-4,8,14H2,(H,15,18)/t10-,11-/m0/s1. The Bertz CT molecular complexity index is 512. The third kappa shape index (κ3) is 3.57. The highest BCUT2D eigenvalue weighted by atomic mass is 16.3. The van der Waals surface area contributed by atoms with E-state index in [4.69, 9.17) is 5.73 Å². The van der Waals surface area contributed by atoms with Gasteiger partial charge in [0.05, 0.1) is 12.1 Å². The molecule has 1 aromatic rings. The molecule has 1 aromatic heterocycles. The van der Waals surface area contributed by atoms with Gasteiger partial charge in [-0.15, -0.1) is 0 Å². The van der Waals surface area contributed by atoms with E-state index in [1.54, 1.807) is 0 Å². The summed E-state index contributed by atoms with van der Waals surface area (Å²) in [4.78, 5) is 23.4. The van der Waals surface area contributed by atoms with Crippen molar-refractivity contribution in [1.29, 1.82) is 0 Å². The average Bonchev–Trinajstić information content (AvgIpc) is 2.37. The molecule has 1 heterocycles. The number of carbonyl (C=O) groups excluding carboxylic acids is 1. The highest BCUT2D eigenvalue weighted by Gasteiger charge is 2.24. The van der Waals surface area contributed by atoms with Crippen molar-refractivity contribution in [3.63, 3.8) is 0 Å². The Morgan fingerprint density at radius 1 is 1.42 bits per heavy atom. The van der Waals surface area contributed by atoms with Crippen LogP contribution in [0, 0.1) is 0 Å². The predicted molar refractivity (Wildman–Crippen MR) is 71.5 cm³/mol. The Hall–Kier alpha value is -1.82. The van der Waals surface area contributed by atoms with E-state index in [1.165, 1.54) is 22.9 Å². The number of aliphatic hydroxyl groups excluding tert-OH is 1. The first-order valence-electron chi connectivity index (χ1n) is 6.49. The summed E-state index contributed by atoms with van der Waals surface area (Å²) < 4.78 is 1.26. The average molecular weight is 265 g/mol. The van der Waals surface area contributed by atoms with E-state index in [9.17, 15) is 14.7 Å². The zero-order valence-corrected chi connectivity index (χ0v) is 10.7. The fourth-order valence-electron chi connectivity index (χ4n) is 2.36. The zero-order chi connectivity index (χ0) is 13.8. The maximum Gasteiger partial charge on any atom is 0.251 e. The maximum absolute atomic E-state index is 11.9. The van der Waals surface area contributed by atoms with Crippen molar-refractivity contribution in [1.82, 2.24) is 9.88 Å². The van der Waals surface area contributed by atoms with Crippen molar-refractivity contribution in [2.24, 2.45) is 0 Å². The van der Waals surface area contributed by atoms with Gasteiger partial charge in [0.25, 0.3) is 5.56 Å². The van der Waals surface area contributed by atoms with Crippen LogP contribution in [0.5, 0.6) is 0 Å². The van der Waals surface area contributed by atoms with Crippen molar-refractivity contribution in [2.75, 3.05) is 5.73 Å². The molecule has 1 aliphatic rings. The van der Waals surface area contributed by atoms with Crippen LogP contribution in [0.25, 0.3) is 0 Å². The molecule has 6 heteroatoms. The van der Waals surface area contributed by atoms with Gasteiger partial charge in [-0.1, -0.05) is 12.8 Å². The van der Waals surface area contributed by atoms with Crippen molar-refractivity contribution in [2.45, 2.75) is 44.4 Å². The van der Waals surface area contributed by atoms with Gasteiger partial charge in [0.15, 0.2) is 0 Å². The molecule has 2 rings (SSSR count).